The summed E-state index contributed by atoms with van der Waals surface area (Å²) in [6, 6.07) is 35.1. The van der Waals surface area contributed by atoms with Crippen LogP contribution >= 0.6 is 23.2 Å². The molecule has 0 unspecified atom stereocenters. The summed E-state index contributed by atoms with van der Waals surface area (Å²) in [6.45, 7) is 7.58. The molecule has 0 bridgehead atoms. The smallest absolute Gasteiger partial charge is 0.870 e. The van der Waals surface area contributed by atoms with Crippen LogP contribution in [-0.2, 0) is 20.2 Å². The van der Waals surface area contributed by atoms with E-state index in [1.807, 2.05) is 13.8 Å². The first-order chi connectivity index (χ1) is 35.2. The molecule has 0 fully saturated rings. The molecule has 18 nitrogen and oxygen atoms in total. The number of amides is 2. The van der Waals surface area contributed by atoms with Gasteiger partial charge >= 0.3 is 48.9 Å². The first-order valence-corrected chi connectivity index (χ1v) is 25.7. The zero-order valence-corrected chi connectivity index (χ0v) is 47.7. The van der Waals surface area contributed by atoms with Gasteiger partial charge in [-0.3, -0.25) is 14.1 Å². The standard InChI is InChI=1S/2C26H22ClN3O6S.Ba/c2*1-3-36-19-10-8-17(9-11-19)28-26(32)21-12-16-6-4-5-7-20(16)24(25(21)31)30-29-18-13-22(27)15(2)23(14-18)37(33,34)35;/h2*4-14,31H,3H2,1-2H3,(H,28,32)(H,33,34,35);/q;;+2/p-2. The molecule has 0 saturated heterocycles. The molecular formula is C52H42BaCl2N6O12S2. The number of benzene rings is 8. The van der Waals surface area contributed by atoms with Crippen LogP contribution in [-0.4, -0.2) is 105 Å². The fourth-order valence-electron chi connectivity index (χ4n) is 7.31. The summed E-state index contributed by atoms with van der Waals surface area (Å²) in [4.78, 5) is 25.1. The first-order valence-electron chi connectivity index (χ1n) is 22.1. The summed E-state index contributed by atoms with van der Waals surface area (Å²) in [7, 11) is -9.37. The molecule has 75 heavy (non-hydrogen) atoms. The Labute approximate surface area is 481 Å². The predicted molar refractivity (Wildman–Crippen MR) is 284 cm³/mol. The second-order valence-corrected chi connectivity index (χ2v) is 19.5. The van der Waals surface area contributed by atoms with Crippen LogP contribution in [0.3, 0.4) is 0 Å². The summed E-state index contributed by atoms with van der Waals surface area (Å²) in [5.41, 5.74) is 0.851. The normalized spacial score (nSPS) is 11.5. The number of ether oxygens (including phenoxy) is 2. The van der Waals surface area contributed by atoms with Crippen LogP contribution in [0.25, 0.3) is 21.5 Å². The van der Waals surface area contributed by atoms with E-state index in [0.29, 0.717) is 57.6 Å². The SMILES string of the molecule is CCOc1ccc(NC(=O)c2cc3ccccc3c(N=Nc3cc(Cl)c(C)c(S(=O)(=O)O)c3)c2O)cc1.CCOc1ccc(NC(=O)c2cc3ccccc3c(N=Nc3cc(Cl)c(C)c(S(=O)(=O)[O-])c3)c2[O-])cc1.[Ba+2]. The van der Waals surface area contributed by atoms with E-state index in [1.165, 1.54) is 38.1 Å². The summed E-state index contributed by atoms with van der Waals surface area (Å²) in [5.74, 6) is -1.02. The average molecular weight is 1220 g/mol. The summed E-state index contributed by atoms with van der Waals surface area (Å²) in [5, 5.41) is 48.1. The average Bonchev–Trinajstić information content (AvgIpc) is 3.36. The third-order valence-corrected chi connectivity index (χ3v) is 13.7. The molecule has 0 aliphatic rings. The van der Waals surface area contributed by atoms with Gasteiger partial charge < -0.3 is 34.9 Å². The second kappa shape index (κ2) is 25.0. The molecule has 2 amide bonds. The number of aromatic hydroxyl groups is 1. The van der Waals surface area contributed by atoms with Crippen molar-refractivity contribution in [3.05, 3.63) is 166 Å². The fraction of sp³-hybridized carbons (Fsp3) is 0.115. The molecule has 8 aromatic carbocycles. The minimum Gasteiger partial charge on any atom is -0.870 e. The van der Waals surface area contributed by atoms with Gasteiger partial charge in [0.2, 0.25) is 0 Å². The van der Waals surface area contributed by atoms with Gasteiger partial charge in [-0.1, -0.05) is 77.5 Å². The van der Waals surface area contributed by atoms with Gasteiger partial charge in [-0.25, -0.2) is 8.42 Å². The Morgan fingerprint density at radius 1 is 0.600 bits per heavy atom. The largest absolute Gasteiger partial charge is 2.00 e. The molecule has 0 aliphatic heterocycles. The summed E-state index contributed by atoms with van der Waals surface area (Å²) in [6.07, 6.45) is 0. The minimum absolute atomic E-state index is 0. The van der Waals surface area contributed by atoms with E-state index in [-0.39, 0.29) is 104 Å². The van der Waals surface area contributed by atoms with Gasteiger partial charge in [0.25, 0.3) is 21.9 Å². The van der Waals surface area contributed by atoms with Crippen molar-refractivity contribution in [1.29, 1.82) is 0 Å². The Balaban J connectivity index is 0.000000241. The van der Waals surface area contributed by atoms with Crippen LogP contribution in [0.15, 0.2) is 164 Å². The van der Waals surface area contributed by atoms with Gasteiger partial charge in [0.15, 0.2) is 5.75 Å². The van der Waals surface area contributed by atoms with Crippen molar-refractivity contribution in [1.82, 2.24) is 0 Å². The van der Waals surface area contributed by atoms with Crippen molar-refractivity contribution in [2.75, 3.05) is 23.8 Å². The van der Waals surface area contributed by atoms with Crippen molar-refractivity contribution >= 4 is 160 Å². The molecule has 4 N–H and O–H groups in total. The molecule has 8 aromatic rings. The van der Waals surface area contributed by atoms with E-state index in [0.717, 1.165) is 12.1 Å². The number of phenols is 1. The van der Waals surface area contributed by atoms with Crippen molar-refractivity contribution in [3.63, 3.8) is 0 Å². The van der Waals surface area contributed by atoms with Crippen molar-refractivity contribution < 1.29 is 55.2 Å². The van der Waals surface area contributed by atoms with E-state index in [4.69, 9.17) is 32.7 Å². The molecule has 23 heteroatoms. The monoisotopic (exact) mass is 1210 g/mol. The Hall–Kier alpha value is -6.41. The van der Waals surface area contributed by atoms with E-state index < -0.39 is 53.3 Å². The third kappa shape index (κ3) is 14.1. The number of carbonyl (C=O) groups excluding carboxylic acids is 2. The second-order valence-electron chi connectivity index (χ2n) is 15.9. The van der Waals surface area contributed by atoms with Gasteiger partial charge in [-0.05, 0) is 135 Å². The molecule has 0 aromatic heterocycles. The van der Waals surface area contributed by atoms with Crippen molar-refractivity contribution in [3.8, 4) is 23.0 Å². The number of nitrogens with zero attached hydrogens (tertiary/aromatic N) is 4. The Morgan fingerprint density at radius 2 is 1.01 bits per heavy atom. The number of carbonyl (C=O) groups is 2. The maximum atomic E-state index is 13.3. The number of rotatable bonds is 14. The van der Waals surface area contributed by atoms with Crippen LogP contribution in [0.2, 0.25) is 10.0 Å². The Morgan fingerprint density at radius 3 is 1.48 bits per heavy atom. The van der Waals surface area contributed by atoms with Gasteiger partial charge in [-0.2, -0.15) is 23.8 Å². The number of fused-ring (bicyclic) bond motifs is 2. The molecule has 0 heterocycles. The maximum absolute atomic E-state index is 13.3. The Bertz CT molecular complexity index is 3530. The van der Waals surface area contributed by atoms with E-state index in [1.54, 1.807) is 97.1 Å². The molecule has 0 radical (unpaired) electrons. The quantitative estimate of drug-likeness (QED) is 0.0449. The predicted octanol–water partition coefficient (Wildman–Crippen LogP) is 12.3. The molecule has 0 aliphatic carbocycles. The number of phenolic OH excluding ortho intramolecular Hbond substituents is 1. The number of anilines is 2. The molecule has 0 saturated carbocycles. The molecule has 0 atom stereocenters. The molecule has 0 spiro atoms. The topological polar surface area (TPSA) is 281 Å². The molecular weight excluding hydrogens is 1170 g/mol. The Kier molecular flexibility index (Phi) is 19.3. The number of hydrogen-bond donors (Lipinski definition) is 4. The number of azo groups is 2. The number of nitrogens with one attached hydrogen (secondary N) is 2. The molecule has 380 valence electrons. The van der Waals surface area contributed by atoms with Gasteiger partial charge in [0, 0.05) is 37.8 Å². The van der Waals surface area contributed by atoms with E-state index in [9.17, 15) is 45.7 Å². The third-order valence-electron chi connectivity index (χ3n) is 10.9. The van der Waals surface area contributed by atoms with Crippen LogP contribution in [0.4, 0.5) is 34.1 Å². The van der Waals surface area contributed by atoms with E-state index in [2.05, 4.69) is 31.1 Å². The zero-order chi connectivity index (χ0) is 53.5. The summed E-state index contributed by atoms with van der Waals surface area (Å²) >= 11 is 12.2. The number of halogens is 2. The van der Waals surface area contributed by atoms with Gasteiger partial charge in [0.1, 0.15) is 32.2 Å². The van der Waals surface area contributed by atoms with Crippen molar-refractivity contribution in [2.45, 2.75) is 37.5 Å². The fourth-order valence-corrected chi connectivity index (χ4v) is 9.36. The van der Waals surface area contributed by atoms with Crippen LogP contribution < -0.4 is 25.2 Å². The van der Waals surface area contributed by atoms with E-state index >= 15 is 0 Å². The van der Waals surface area contributed by atoms with Crippen molar-refractivity contribution in [2.24, 2.45) is 20.5 Å². The van der Waals surface area contributed by atoms with Crippen LogP contribution in [0.1, 0.15) is 45.7 Å². The first kappa shape index (κ1) is 57.9. The van der Waals surface area contributed by atoms with Crippen LogP contribution in [0.5, 0.6) is 23.0 Å². The number of hydrogen-bond acceptors (Lipinski definition) is 15. The zero-order valence-electron chi connectivity index (χ0n) is 40.2. The summed E-state index contributed by atoms with van der Waals surface area (Å²) < 4.78 is 78.5. The van der Waals surface area contributed by atoms with Gasteiger partial charge in [-0.15, -0.1) is 5.11 Å². The minimum atomic E-state index is -4.82. The van der Waals surface area contributed by atoms with Gasteiger partial charge in [0.05, 0.1) is 40.7 Å². The van der Waals surface area contributed by atoms with Crippen LogP contribution in [0, 0.1) is 13.8 Å². The molecule has 8 rings (SSSR count). The maximum Gasteiger partial charge on any atom is 2.00 e.